The van der Waals surface area contributed by atoms with Gasteiger partial charge < -0.3 is 15.1 Å². The van der Waals surface area contributed by atoms with Crippen molar-refractivity contribution in [3.63, 3.8) is 0 Å². The zero-order chi connectivity index (χ0) is 20.2. The normalized spacial score (nSPS) is 18.1. The molecule has 2 aromatic rings. The molecule has 29 heavy (non-hydrogen) atoms. The minimum Gasteiger partial charge on any atom is -0.352 e. The molecule has 1 aromatic carbocycles. The van der Waals surface area contributed by atoms with Gasteiger partial charge in [-0.25, -0.2) is 0 Å². The summed E-state index contributed by atoms with van der Waals surface area (Å²) in [6, 6.07) is 13.1. The van der Waals surface area contributed by atoms with Crippen LogP contribution >= 0.6 is 0 Å². The Morgan fingerprint density at radius 1 is 1.14 bits per heavy atom. The van der Waals surface area contributed by atoms with Crippen molar-refractivity contribution in [2.75, 3.05) is 19.6 Å². The van der Waals surface area contributed by atoms with Gasteiger partial charge in [0.15, 0.2) is 0 Å². The van der Waals surface area contributed by atoms with Crippen molar-refractivity contribution in [2.45, 2.75) is 31.8 Å². The molecule has 0 spiro atoms. The van der Waals surface area contributed by atoms with Gasteiger partial charge in [0.25, 0.3) is 5.91 Å². The number of carbonyl (C=O) groups is 3. The van der Waals surface area contributed by atoms with Gasteiger partial charge in [0.2, 0.25) is 11.8 Å². The lowest BCUT2D eigenvalue weighted by molar-refractivity contribution is -0.131. The highest BCUT2D eigenvalue weighted by molar-refractivity contribution is 6.00. The minimum atomic E-state index is -0.0903. The van der Waals surface area contributed by atoms with Gasteiger partial charge in [0, 0.05) is 49.6 Å². The Morgan fingerprint density at radius 3 is 2.76 bits per heavy atom. The largest absolute Gasteiger partial charge is 0.352 e. The maximum Gasteiger partial charge on any atom is 0.254 e. The summed E-state index contributed by atoms with van der Waals surface area (Å²) in [4.78, 5) is 44.8. The second kappa shape index (κ2) is 8.43. The standard InChI is InChI=1S/C22H24N4O3/c27-20(9-8-17-6-3-4-11-23-17)24-18-10-12-25(14-18)21(28)15-26-13-16-5-1-2-7-19(16)22(26)29/h1-7,11,18H,8-10,12-15H2,(H,24,27)/t18-/m0/s1. The number of rotatable bonds is 6. The van der Waals surface area contributed by atoms with E-state index in [2.05, 4.69) is 10.3 Å². The Morgan fingerprint density at radius 2 is 1.97 bits per heavy atom. The van der Waals surface area contributed by atoms with Crippen LogP contribution in [-0.4, -0.2) is 58.2 Å². The number of carbonyl (C=O) groups excluding carboxylic acids is 3. The highest BCUT2D eigenvalue weighted by Crippen LogP contribution is 2.22. The van der Waals surface area contributed by atoms with Crippen molar-refractivity contribution in [2.24, 2.45) is 0 Å². The Bertz CT molecular complexity index is 915. The molecule has 0 saturated carbocycles. The SMILES string of the molecule is O=C(CCc1ccccn1)N[C@H]1CCN(C(=O)CN2Cc3ccccc3C2=O)C1. The van der Waals surface area contributed by atoms with E-state index in [1.165, 1.54) is 0 Å². The first-order valence-corrected chi connectivity index (χ1v) is 9.94. The molecule has 0 bridgehead atoms. The minimum absolute atomic E-state index is 0.0277. The molecule has 3 amide bonds. The first-order chi connectivity index (χ1) is 14.1. The van der Waals surface area contributed by atoms with Crippen LogP contribution in [-0.2, 0) is 22.6 Å². The van der Waals surface area contributed by atoms with E-state index < -0.39 is 0 Å². The summed E-state index contributed by atoms with van der Waals surface area (Å²) in [5.41, 5.74) is 2.53. The van der Waals surface area contributed by atoms with Crippen molar-refractivity contribution < 1.29 is 14.4 Å². The summed E-state index contributed by atoms with van der Waals surface area (Å²) >= 11 is 0. The van der Waals surface area contributed by atoms with Crippen molar-refractivity contribution in [1.82, 2.24) is 20.1 Å². The Kier molecular flexibility index (Phi) is 5.55. The fraction of sp³-hybridized carbons (Fsp3) is 0.364. The molecular weight excluding hydrogens is 368 g/mol. The first-order valence-electron chi connectivity index (χ1n) is 9.94. The van der Waals surface area contributed by atoms with Crippen molar-refractivity contribution in [1.29, 1.82) is 0 Å². The number of likely N-dealkylation sites (tertiary alicyclic amines) is 1. The van der Waals surface area contributed by atoms with E-state index in [0.29, 0.717) is 38.0 Å². The lowest BCUT2D eigenvalue weighted by Crippen LogP contribution is -2.42. The van der Waals surface area contributed by atoms with Crippen molar-refractivity contribution in [3.8, 4) is 0 Å². The predicted molar refractivity (Wildman–Crippen MR) is 107 cm³/mol. The van der Waals surface area contributed by atoms with E-state index in [1.807, 2.05) is 36.4 Å². The number of nitrogens with zero attached hydrogens (tertiary/aromatic N) is 3. The van der Waals surface area contributed by atoms with Crippen LogP contribution in [0.3, 0.4) is 0 Å². The monoisotopic (exact) mass is 392 g/mol. The zero-order valence-corrected chi connectivity index (χ0v) is 16.2. The Balaban J connectivity index is 1.23. The van der Waals surface area contributed by atoms with Crippen molar-refractivity contribution in [3.05, 3.63) is 65.5 Å². The molecule has 0 unspecified atom stereocenters. The molecule has 2 aliphatic heterocycles. The third-order valence-corrected chi connectivity index (χ3v) is 5.46. The van der Waals surface area contributed by atoms with Crippen LogP contribution < -0.4 is 5.32 Å². The van der Waals surface area contributed by atoms with E-state index in [4.69, 9.17) is 0 Å². The van der Waals surface area contributed by atoms with Gasteiger partial charge in [-0.15, -0.1) is 0 Å². The number of hydrogen-bond donors (Lipinski definition) is 1. The van der Waals surface area contributed by atoms with Gasteiger partial charge in [0.1, 0.15) is 6.54 Å². The first kappa shape index (κ1) is 19.1. The number of benzene rings is 1. The van der Waals surface area contributed by atoms with Crippen LogP contribution in [0, 0.1) is 0 Å². The van der Waals surface area contributed by atoms with E-state index >= 15 is 0 Å². The number of nitrogens with one attached hydrogen (secondary N) is 1. The number of fused-ring (bicyclic) bond motifs is 1. The summed E-state index contributed by atoms with van der Waals surface area (Å²) in [5.74, 6) is -0.191. The van der Waals surface area contributed by atoms with Crippen LogP contribution in [0.25, 0.3) is 0 Å². The van der Waals surface area contributed by atoms with Crippen LogP contribution in [0.1, 0.15) is 34.5 Å². The average Bonchev–Trinajstić information content (AvgIpc) is 3.32. The molecule has 1 atom stereocenters. The number of aryl methyl sites for hydroxylation is 1. The van der Waals surface area contributed by atoms with Gasteiger partial charge in [-0.05, 0) is 36.6 Å². The summed E-state index contributed by atoms with van der Waals surface area (Å²) in [7, 11) is 0. The summed E-state index contributed by atoms with van der Waals surface area (Å²) < 4.78 is 0. The van der Waals surface area contributed by atoms with Crippen LogP contribution in [0.4, 0.5) is 0 Å². The maximum atomic E-state index is 12.7. The third kappa shape index (κ3) is 4.45. The van der Waals surface area contributed by atoms with E-state index in [1.54, 1.807) is 22.1 Å². The molecule has 7 nitrogen and oxygen atoms in total. The fourth-order valence-corrected chi connectivity index (χ4v) is 3.90. The Labute approximate surface area is 169 Å². The lowest BCUT2D eigenvalue weighted by atomic mass is 10.1. The topological polar surface area (TPSA) is 82.6 Å². The van der Waals surface area contributed by atoms with Crippen LogP contribution in [0.5, 0.6) is 0 Å². The second-order valence-electron chi connectivity index (χ2n) is 7.53. The summed E-state index contributed by atoms with van der Waals surface area (Å²) in [5, 5.41) is 3.01. The highest BCUT2D eigenvalue weighted by Gasteiger charge is 2.32. The molecule has 7 heteroatoms. The molecule has 150 valence electrons. The lowest BCUT2D eigenvalue weighted by Gasteiger charge is -2.21. The molecule has 1 N–H and O–H groups in total. The third-order valence-electron chi connectivity index (χ3n) is 5.46. The van der Waals surface area contributed by atoms with Gasteiger partial charge >= 0.3 is 0 Å². The van der Waals surface area contributed by atoms with E-state index in [9.17, 15) is 14.4 Å². The molecular formula is C22H24N4O3. The van der Waals surface area contributed by atoms with Gasteiger partial charge in [-0.1, -0.05) is 24.3 Å². The average molecular weight is 392 g/mol. The van der Waals surface area contributed by atoms with E-state index in [0.717, 1.165) is 17.7 Å². The van der Waals surface area contributed by atoms with Crippen molar-refractivity contribution >= 4 is 17.7 Å². The Hall–Kier alpha value is -3.22. The zero-order valence-electron chi connectivity index (χ0n) is 16.2. The summed E-state index contributed by atoms with van der Waals surface area (Å²) in [6.07, 6.45) is 3.42. The number of pyridine rings is 1. The molecule has 1 aromatic heterocycles. The smallest absolute Gasteiger partial charge is 0.254 e. The van der Waals surface area contributed by atoms with Gasteiger partial charge in [-0.2, -0.15) is 0 Å². The van der Waals surface area contributed by atoms with Crippen LogP contribution in [0.2, 0.25) is 0 Å². The summed E-state index contributed by atoms with van der Waals surface area (Å²) in [6.45, 7) is 1.64. The number of aromatic nitrogens is 1. The quantitative estimate of drug-likeness (QED) is 0.805. The van der Waals surface area contributed by atoms with Gasteiger partial charge in [-0.3, -0.25) is 19.4 Å². The highest BCUT2D eigenvalue weighted by atomic mass is 16.2. The second-order valence-corrected chi connectivity index (χ2v) is 7.53. The van der Waals surface area contributed by atoms with Gasteiger partial charge in [0.05, 0.1) is 0 Å². The molecule has 1 fully saturated rings. The molecule has 4 rings (SSSR count). The molecule has 0 radical (unpaired) electrons. The molecule has 0 aliphatic carbocycles. The molecule has 3 heterocycles. The number of hydrogen-bond acceptors (Lipinski definition) is 4. The predicted octanol–water partition coefficient (Wildman–Crippen LogP) is 1.39. The molecule has 2 aliphatic rings. The maximum absolute atomic E-state index is 12.7. The van der Waals surface area contributed by atoms with E-state index in [-0.39, 0.29) is 30.3 Å². The number of amides is 3. The fourth-order valence-electron chi connectivity index (χ4n) is 3.90. The van der Waals surface area contributed by atoms with Crippen LogP contribution in [0.15, 0.2) is 48.7 Å². The molecule has 1 saturated heterocycles.